The summed E-state index contributed by atoms with van der Waals surface area (Å²) >= 11 is 0. The van der Waals surface area contributed by atoms with Crippen molar-refractivity contribution in [1.29, 1.82) is 0 Å². The Balaban J connectivity index is 1.46. The van der Waals surface area contributed by atoms with E-state index in [0.29, 0.717) is 29.1 Å². The van der Waals surface area contributed by atoms with Gasteiger partial charge in [-0.3, -0.25) is 9.69 Å². The average molecular weight is 602 g/mol. The molecular weight excluding hydrogens is 562 g/mol. The van der Waals surface area contributed by atoms with E-state index in [0.717, 1.165) is 10.9 Å². The van der Waals surface area contributed by atoms with Crippen molar-refractivity contribution in [2.45, 2.75) is 63.8 Å². The van der Waals surface area contributed by atoms with Gasteiger partial charge in [0, 0.05) is 35.4 Å². The molecule has 2 aliphatic rings. The first kappa shape index (κ1) is 30.8. The number of amides is 2. The lowest BCUT2D eigenvalue weighted by atomic mass is 10.1. The van der Waals surface area contributed by atoms with Crippen molar-refractivity contribution in [3.8, 4) is 22.8 Å². The fourth-order valence-electron chi connectivity index (χ4n) is 5.56. The lowest BCUT2D eigenvalue weighted by Crippen LogP contribution is -2.53. The molecule has 1 unspecified atom stereocenters. The van der Waals surface area contributed by atoms with E-state index in [2.05, 4.69) is 11.9 Å². The Morgan fingerprint density at radius 2 is 1.89 bits per heavy atom. The SMILES string of the molecule is C=CC1C[C@]1(NC(=O)[C@@H]1C[C@@H](Oc2cc(-c3ccccc3)nc3cc(OC)ccc23)CN1C(=O)OC(C)(C)C)C(=O)OCC. The summed E-state index contributed by atoms with van der Waals surface area (Å²) in [6, 6.07) is 16.2. The van der Waals surface area contributed by atoms with Crippen LogP contribution in [0, 0.1) is 5.92 Å². The van der Waals surface area contributed by atoms with Gasteiger partial charge >= 0.3 is 12.1 Å². The smallest absolute Gasteiger partial charge is 0.411 e. The number of nitrogens with zero attached hydrogens (tertiary/aromatic N) is 2. The molecule has 2 aromatic carbocycles. The molecule has 1 aliphatic carbocycles. The topological polar surface area (TPSA) is 116 Å². The van der Waals surface area contributed by atoms with Gasteiger partial charge in [0.05, 0.1) is 31.5 Å². The molecule has 0 spiro atoms. The van der Waals surface area contributed by atoms with Gasteiger partial charge in [-0.05, 0) is 46.2 Å². The first-order chi connectivity index (χ1) is 21.0. The minimum atomic E-state index is -1.20. The number of fused-ring (bicyclic) bond motifs is 1. The van der Waals surface area contributed by atoms with Gasteiger partial charge in [-0.2, -0.15) is 0 Å². The van der Waals surface area contributed by atoms with Crippen LogP contribution in [0.15, 0.2) is 67.3 Å². The highest BCUT2D eigenvalue weighted by atomic mass is 16.6. The van der Waals surface area contributed by atoms with Crippen molar-refractivity contribution in [1.82, 2.24) is 15.2 Å². The van der Waals surface area contributed by atoms with Crippen LogP contribution in [0.25, 0.3) is 22.2 Å². The number of carbonyl (C=O) groups excluding carboxylic acids is 3. The van der Waals surface area contributed by atoms with Gasteiger partial charge in [-0.25, -0.2) is 14.6 Å². The predicted octanol–water partition coefficient (Wildman–Crippen LogP) is 5.29. The second kappa shape index (κ2) is 12.2. The van der Waals surface area contributed by atoms with Crippen molar-refractivity contribution in [3.05, 3.63) is 67.3 Å². The number of benzene rings is 2. The molecule has 2 fully saturated rings. The van der Waals surface area contributed by atoms with Gasteiger partial charge in [-0.1, -0.05) is 36.4 Å². The maximum atomic E-state index is 13.8. The number of methoxy groups -OCH3 is 1. The quantitative estimate of drug-likeness (QED) is 0.260. The number of nitrogens with one attached hydrogen (secondary N) is 1. The molecule has 4 atom stereocenters. The third-order valence-electron chi connectivity index (χ3n) is 7.82. The van der Waals surface area contributed by atoms with Crippen molar-refractivity contribution in [2.75, 3.05) is 20.3 Å². The van der Waals surface area contributed by atoms with Gasteiger partial charge in [0.1, 0.15) is 34.8 Å². The lowest BCUT2D eigenvalue weighted by Gasteiger charge is -2.28. The van der Waals surface area contributed by atoms with E-state index in [-0.39, 0.29) is 25.5 Å². The fraction of sp³-hybridized carbons (Fsp3) is 0.412. The maximum Gasteiger partial charge on any atom is 0.411 e. The Bertz CT molecular complexity index is 1570. The number of carbonyl (C=O) groups is 3. The van der Waals surface area contributed by atoms with Crippen molar-refractivity contribution in [2.24, 2.45) is 5.92 Å². The molecule has 1 aromatic heterocycles. The van der Waals surface area contributed by atoms with E-state index in [1.807, 2.05) is 54.6 Å². The number of esters is 1. The molecule has 0 bridgehead atoms. The summed E-state index contributed by atoms with van der Waals surface area (Å²) in [5, 5.41) is 3.65. The summed E-state index contributed by atoms with van der Waals surface area (Å²) in [5.74, 6) is -0.0360. The van der Waals surface area contributed by atoms with Crippen LogP contribution in [0.5, 0.6) is 11.5 Å². The molecule has 1 saturated carbocycles. The lowest BCUT2D eigenvalue weighted by molar-refractivity contribution is -0.149. The van der Waals surface area contributed by atoms with Gasteiger partial charge in [0.15, 0.2) is 0 Å². The summed E-state index contributed by atoms with van der Waals surface area (Å²) < 4.78 is 22.9. The molecule has 5 rings (SSSR count). The number of ether oxygens (including phenoxy) is 4. The van der Waals surface area contributed by atoms with Gasteiger partial charge in [0.25, 0.3) is 0 Å². The van der Waals surface area contributed by atoms with E-state index < -0.39 is 41.3 Å². The molecule has 10 heteroatoms. The third-order valence-corrected chi connectivity index (χ3v) is 7.82. The van der Waals surface area contributed by atoms with Gasteiger partial charge in [0.2, 0.25) is 5.91 Å². The van der Waals surface area contributed by atoms with Gasteiger partial charge in [-0.15, -0.1) is 6.58 Å². The van der Waals surface area contributed by atoms with Crippen LogP contribution in [0.2, 0.25) is 0 Å². The summed E-state index contributed by atoms with van der Waals surface area (Å²) in [6.45, 7) is 11.1. The highest BCUT2D eigenvalue weighted by Crippen LogP contribution is 2.46. The second-order valence-corrected chi connectivity index (χ2v) is 12.1. The first-order valence-corrected chi connectivity index (χ1v) is 14.8. The Morgan fingerprint density at radius 1 is 1.14 bits per heavy atom. The Labute approximate surface area is 257 Å². The van der Waals surface area contributed by atoms with Crippen LogP contribution < -0.4 is 14.8 Å². The number of hydrogen-bond donors (Lipinski definition) is 1. The molecule has 44 heavy (non-hydrogen) atoms. The van der Waals surface area contributed by atoms with Gasteiger partial charge < -0.3 is 24.3 Å². The van der Waals surface area contributed by atoms with Crippen LogP contribution >= 0.6 is 0 Å². The Morgan fingerprint density at radius 3 is 2.52 bits per heavy atom. The zero-order valence-electron chi connectivity index (χ0n) is 25.8. The van der Waals surface area contributed by atoms with Crippen molar-refractivity contribution >= 4 is 28.9 Å². The molecule has 1 aliphatic heterocycles. The molecular formula is C34H39N3O7. The number of pyridine rings is 1. The average Bonchev–Trinajstić information content (AvgIpc) is 3.55. The molecule has 0 radical (unpaired) electrons. The normalized spacial score (nSPS) is 22.7. The minimum absolute atomic E-state index is 0.102. The molecule has 1 saturated heterocycles. The maximum absolute atomic E-state index is 13.8. The standard InChI is InChI=1S/C34H39N3O7/c1-7-22-19-34(22,31(39)42-8-2)36-30(38)28-17-24(20-37(28)32(40)44-33(3,4)5)43-29-18-26(21-12-10-9-11-13-21)35-27-16-23(41-6)14-15-25(27)29/h7,9-16,18,22,24,28H,1,8,17,19-20H2,2-6H3,(H,36,38)/t22?,24-,28+,34-/m1/s1. The van der Waals surface area contributed by atoms with E-state index in [4.69, 9.17) is 23.9 Å². The summed E-state index contributed by atoms with van der Waals surface area (Å²) in [5.41, 5.74) is 0.319. The number of rotatable bonds is 9. The van der Waals surface area contributed by atoms with E-state index in [1.54, 1.807) is 40.9 Å². The van der Waals surface area contributed by atoms with E-state index >= 15 is 0 Å². The highest BCUT2D eigenvalue weighted by Gasteiger charge is 2.62. The van der Waals surface area contributed by atoms with Crippen molar-refractivity contribution in [3.63, 3.8) is 0 Å². The molecule has 2 amide bonds. The number of hydrogen-bond acceptors (Lipinski definition) is 8. The number of likely N-dealkylation sites (tertiary alicyclic amines) is 1. The summed E-state index contributed by atoms with van der Waals surface area (Å²) in [6.07, 6.45) is 1.01. The fourth-order valence-corrected chi connectivity index (χ4v) is 5.56. The monoisotopic (exact) mass is 601 g/mol. The molecule has 3 aromatic rings. The van der Waals surface area contributed by atoms with Crippen LogP contribution in [-0.4, -0.2) is 71.4 Å². The van der Waals surface area contributed by atoms with E-state index in [9.17, 15) is 14.4 Å². The zero-order chi connectivity index (χ0) is 31.6. The van der Waals surface area contributed by atoms with Crippen LogP contribution in [0.3, 0.4) is 0 Å². The predicted molar refractivity (Wildman–Crippen MR) is 165 cm³/mol. The Kier molecular flexibility index (Phi) is 8.54. The minimum Gasteiger partial charge on any atom is -0.497 e. The highest BCUT2D eigenvalue weighted by molar-refractivity contribution is 5.95. The van der Waals surface area contributed by atoms with Crippen LogP contribution in [0.1, 0.15) is 40.5 Å². The summed E-state index contributed by atoms with van der Waals surface area (Å²) in [4.78, 5) is 46.2. The second-order valence-electron chi connectivity index (χ2n) is 12.1. The van der Waals surface area contributed by atoms with Crippen LogP contribution in [0.4, 0.5) is 4.79 Å². The number of aromatic nitrogens is 1. The first-order valence-electron chi connectivity index (χ1n) is 14.8. The molecule has 2 heterocycles. The van der Waals surface area contributed by atoms with Crippen molar-refractivity contribution < 1.29 is 33.3 Å². The molecule has 10 nitrogen and oxygen atoms in total. The third kappa shape index (κ3) is 6.34. The Hall–Kier alpha value is -4.60. The van der Waals surface area contributed by atoms with Crippen LogP contribution in [-0.2, 0) is 19.1 Å². The summed E-state index contributed by atoms with van der Waals surface area (Å²) in [7, 11) is 1.60. The van der Waals surface area contributed by atoms with E-state index in [1.165, 1.54) is 4.90 Å². The zero-order valence-corrected chi connectivity index (χ0v) is 25.8. The molecule has 232 valence electrons. The largest absolute Gasteiger partial charge is 0.497 e. The molecule has 1 N–H and O–H groups in total.